The van der Waals surface area contributed by atoms with E-state index >= 15 is 0 Å². The van der Waals surface area contributed by atoms with E-state index < -0.39 is 12.0 Å². The summed E-state index contributed by atoms with van der Waals surface area (Å²) in [7, 11) is 0. The standard InChI is InChI=1S/C19H19NO3S/c21-16-7-3-1-6-14(16)12-20-19(23)17(22)10-9-15-11-13-5-2-4-8-18(13)24-15/h1-8,11,17,21-22H,9-10,12H2,(H,20,23). The molecule has 1 heterocycles. The minimum atomic E-state index is -1.05. The van der Waals surface area contributed by atoms with Crippen LogP contribution < -0.4 is 5.32 Å². The summed E-state index contributed by atoms with van der Waals surface area (Å²) in [6.07, 6.45) is -0.0229. The zero-order valence-corrected chi connectivity index (χ0v) is 13.9. The smallest absolute Gasteiger partial charge is 0.249 e. The maximum absolute atomic E-state index is 12.0. The number of hydrogen-bond donors (Lipinski definition) is 3. The average molecular weight is 341 g/mol. The summed E-state index contributed by atoms with van der Waals surface area (Å²) in [4.78, 5) is 13.1. The first kappa shape index (κ1) is 16.5. The van der Waals surface area contributed by atoms with Gasteiger partial charge < -0.3 is 15.5 Å². The van der Waals surface area contributed by atoms with Gasteiger partial charge in [-0.25, -0.2) is 0 Å². The molecule has 1 unspecified atom stereocenters. The number of phenols is 1. The molecule has 124 valence electrons. The summed E-state index contributed by atoms with van der Waals surface area (Å²) in [5.74, 6) is -0.281. The van der Waals surface area contributed by atoms with Crippen LogP contribution in [0.2, 0.25) is 0 Å². The molecular weight excluding hydrogens is 322 g/mol. The number of benzene rings is 2. The number of fused-ring (bicyclic) bond motifs is 1. The van der Waals surface area contributed by atoms with Gasteiger partial charge in [0, 0.05) is 21.7 Å². The third kappa shape index (κ3) is 3.93. The second-order valence-electron chi connectivity index (χ2n) is 5.65. The maximum Gasteiger partial charge on any atom is 0.249 e. The highest BCUT2D eigenvalue weighted by Gasteiger charge is 2.15. The van der Waals surface area contributed by atoms with Crippen molar-refractivity contribution >= 4 is 27.3 Å². The van der Waals surface area contributed by atoms with Crippen LogP contribution in [-0.4, -0.2) is 22.2 Å². The summed E-state index contributed by atoms with van der Waals surface area (Å²) in [6.45, 7) is 0.200. The highest BCUT2D eigenvalue weighted by Crippen LogP contribution is 2.26. The van der Waals surface area contributed by atoms with Gasteiger partial charge in [-0.15, -0.1) is 11.3 Å². The molecule has 3 rings (SSSR count). The van der Waals surface area contributed by atoms with Crippen LogP contribution in [0, 0.1) is 0 Å². The number of thiophene rings is 1. The largest absolute Gasteiger partial charge is 0.508 e. The van der Waals surface area contributed by atoms with E-state index in [1.807, 2.05) is 12.1 Å². The molecule has 2 aromatic carbocycles. The molecule has 0 radical (unpaired) electrons. The minimum absolute atomic E-state index is 0.137. The minimum Gasteiger partial charge on any atom is -0.508 e. The van der Waals surface area contributed by atoms with Gasteiger partial charge >= 0.3 is 0 Å². The van der Waals surface area contributed by atoms with Gasteiger partial charge in [0.2, 0.25) is 5.91 Å². The molecule has 24 heavy (non-hydrogen) atoms. The monoisotopic (exact) mass is 341 g/mol. The average Bonchev–Trinajstić information content (AvgIpc) is 3.01. The van der Waals surface area contributed by atoms with Gasteiger partial charge in [0.05, 0.1) is 0 Å². The van der Waals surface area contributed by atoms with Crippen molar-refractivity contribution in [3.63, 3.8) is 0 Å². The third-order valence-corrected chi connectivity index (χ3v) is 5.06. The lowest BCUT2D eigenvalue weighted by molar-refractivity contribution is -0.129. The Morgan fingerprint density at radius 2 is 1.88 bits per heavy atom. The molecule has 5 heteroatoms. The maximum atomic E-state index is 12.0. The molecule has 0 aliphatic heterocycles. The van der Waals surface area contributed by atoms with Gasteiger partial charge in [-0.05, 0) is 36.4 Å². The Labute approximate surface area is 144 Å². The predicted molar refractivity (Wildman–Crippen MR) is 96.1 cm³/mol. The van der Waals surface area contributed by atoms with Crippen molar-refractivity contribution in [1.29, 1.82) is 0 Å². The number of aliphatic hydroxyl groups is 1. The fraction of sp³-hybridized carbons (Fsp3) is 0.211. The number of rotatable bonds is 6. The van der Waals surface area contributed by atoms with Crippen molar-refractivity contribution in [2.24, 2.45) is 0 Å². The van der Waals surface area contributed by atoms with Gasteiger partial charge in [0.15, 0.2) is 0 Å². The zero-order chi connectivity index (χ0) is 16.9. The molecule has 3 aromatic rings. The first-order chi connectivity index (χ1) is 11.6. The molecule has 3 N–H and O–H groups in total. The highest BCUT2D eigenvalue weighted by molar-refractivity contribution is 7.19. The fourth-order valence-corrected chi connectivity index (χ4v) is 3.61. The first-order valence-corrected chi connectivity index (χ1v) is 8.65. The van der Waals surface area contributed by atoms with Crippen LogP contribution in [0.25, 0.3) is 10.1 Å². The molecule has 1 atom stereocenters. The number of para-hydroxylation sites is 1. The quantitative estimate of drug-likeness (QED) is 0.645. The summed E-state index contributed by atoms with van der Waals surface area (Å²) in [5.41, 5.74) is 0.627. The summed E-state index contributed by atoms with van der Waals surface area (Å²) < 4.78 is 1.21. The second kappa shape index (κ2) is 7.47. The molecule has 1 aromatic heterocycles. The van der Waals surface area contributed by atoms with E-state index in [0.717, 1.165) is 4.88 Å². The van der Waals surface area contributed by atoms with E-state index in [1.165, 1.54) is 10.1 Å². The molecule has 0 saturated carbocycles. The van der Waals surface area contributed by atoms with Crippen LogP contribution in [0.5, 0.6) is 5.75 Å². The van der Waals surface area contributed by atoms with E-state index in [9.17, 15) is 15.0 Å². The Kier molecular flexibility index (Phi) is 5.13. The van der Waals surface area contributed by atoms with E-state index in [-0.39, 0.29) is 12.3 Å². The normalized spacial score (nSPS) is 12.2. The summed E-state index contributed by atoms with van der Waals surface area (Å²) >= 11 is 1.69. The van der Waals surface area contributed by atoms with Crippen molar-refractivity contribution < 1.29 is 15.0 Å². The molecule has 0 spiro atoms. The van der Waals surface area contributed by atoms with Gasteiger partial charge in [-0.1, -0.05) is 36.4 Å². The van der Waals surface area contributed by atoms with Crippen LogP contribution in [0.15, 0.2) is 54.6 Å². The van der Waals surface area contributed by atoms with Gasteiger partial charge in [-0.3, -0.25) is 4.79 Å². The van der Waals surface area contributed by atoms with Crippen LogP contribution in [0.3, 0.4) is 0 Å². The van der Waals surface area contributed by atoms with Crippen LogP contribution in [-0.2, 0) is 17.8 Å². The predicted octanol–water partition coefficient (Wildman–Crippen LogP) is 3.22. The number of aromatic hydroxyl groups is 1. The van der Waals surface area contributed by atoms with Crippen LogP contribution in [0.4, 0.5) is 0 Å². The number of carbonyl (C=O) groups excluding carboxylic acids is 1. The molecule has 0 saturated heterocycles. The second-order valence-corrected chi connectivity index (χ2v) is 6.82. The Hall–Kier alpha value is -2.37. The lowest BCUT2D eigenvalue weighted by Gasteiger charge is -2.11. The number of carbonyl (C=O) groups is 1. The number of amides is 1. The SMILES string of the molecule is O=C(NCc1ccccc1O)C(O)CCc1cc2ccccc2s1. The Bertz CT molecular complexity index is 810. The zero-order valence-electron chi connectivity index (χ0n) is 13.1. The van der Waals surface area contributed by atoms with E-state index in [2.05, 4.69) is 23.5 Å². The molecule has 0 aliphatic rings. The highest BCUT2D eigenvalue weighted by atomic mass is 32.1. The fourth-order valence-electron chi connectivity index (χ4n) is 2.53. The molecular formula is C19H19NO3S. The topological polar surface area (TPSA) is 69.6 Å². The number of phenolic OH excluding ortho intramolecular Hbond substituents is 1. The van der Waals surface area contributed by atoms with E-state index in [0.29, 0.717) is 18.4 Å². The van der Waals surface area contributed by atoms with Gasteiger partial charge in [0.25, 0.3) is 0 Å². The van der Waals surface area contributed by atoms with Crippen molar-refractivity contribution in [3.05, 3.63) is 65.0 Å². The van der Waals surface area contributed by atoms with Gasteiger partial charge in [0.1, 0.15) is 11.9 Å². The van der Waals surface area contributed by atoms with Crippen LogP contribution in [0.1, 0.15) is 16.9 Å². The molecule has 0 fully saturated rings. The van der Waals surface area contributed by atoms with Crippen molar-refractivity contribution in [3.8, 4) is 5.75 Å². The third-order valence-electron chi connectivity index (χ3n) is 3.89. The van der Waals surface area contributed by atoms with Crippen molar-refractivity contribution in [2.75, 3.05) is 0 Å². The lowest BCUT2D eigenvalue weighted by atomic mass is 10.1. The number of aliphatic hydroxyl groups excluding tert-OH is 1. The number of aryl methyl sites for hydroxylation is 1. The molecule has 0 bridgehead atoms. The van der Waals surface area contributed by atoms with Crippen LogP contribution >= 0.6 is 11.3 Å². The number of hydrogen-bond acceptors (Lipinski definition) is 4. The lowest BCUT2D eigenvalue weighted by Crippen LogP contribution is -2.34. The van der Waals surface area contributed by atoms with Crippen molar-refractivity contribution in [2.45, 2.75) is 25.5 Å². The molecule has 0 aliphatic carbocycles. The summed E-state index contributed by atoms with van der Waals surface area (Å²) in [5, 5.41) is 23.5. The molecule has 4 nitrogen and oxygen atoms in total. The van der Waals surface area contributed by atoms with Crippen molar-refractivity contribution in [1.82, 2.24) is 5.32 Å². The Morgan fingerprint density at radius 1 is 1.12 bits per heavy atom. The molecule has 1 amide bonds. The Balaban J connectivity index is 1.51. The first-order valence-electron chi connectivity index (χ1n) is 7.83. The Morgan fingerprint density at radius 3 is 2.67 bits per heavy atom. The number of nitrogens with one attached hydrogen (secondary N) is 1. The van der Waals surface area contributed by atoms with E-state index in [1.54, 1.807) is 35.6 Å². The summed E-state index contributed by atoms with van der Waals surface area (Å²) in [6, 6.07) is 17.1. The van der Waals surface area contributed by atoms with Gasteiger partial charge in [-0.2, -0.15) is 0 Å². The van der Waals surface area contributed by atoms with E-state index in [4.69, 9.17) is 0 Å².